The van der Waals surface area contributed by atoms with Gasteiger partial charge in [0.15, 0.2) is 12.2 Å². The lowest BCUT2D eigenvalue weighted by Crippen LogP contribution is -2.30. The molecule has 0 saturated carbocycles. The molecular formula is C89H138O17P2. The molecule has 0 amide bonds. The number of unbranched alkanes of at least 4 members (excludes halogenated alkanes) is 11. The molecule has 0 aliphatic rings. The summed E-state index contributed by atoms with van der Waals surface area (Å²) < 4.78 is 68.4. The second-order valence-electron chi connectivity index (χ2n) is 25.5. The Morgan fingerprint density at radius 1 is 0.278 bits per heavy atom. The van der Waals surface area contributed by atoms with Crippen molar-refractivity contribution in [3.63, 3.8) is 0 Å². The zero-order valence-corrected chi connectivity index (χ0v) is 68.0. The highest BCUT2D eigenvalue weighted by molar-refractivity contribution is 7.47. The first kappa shape index (κ1) is 101. The van der Waals surface area contributed by atoms with Gasteiger partial charge in [-0.2, -0.15) is 0 Å². The van der Waals surface area contributed by atoms with Crippen LogP contribution in [0.5, 0.6) is 0 Å². The highest BCUT2D eigenvalue weighted by Gasteiger charge is 2.30. The Kier molecular flexibility index (Phi) is 73.7. The Hall–Kier alpha value is -6.62. The van der Waals surface area contributed by atoms with Crippen LogP contribution in [0.2, 0.25) is 0 Å². The van der Waals surface area contributed by atoms with E-state index in [-0.39, 0.29) is 25.7 Å². The van der Waals surface area contributed by atoms with Crippen molar-refractivity contribution in [3.8, 4) is 0 Å². The predicted octanol–water partition coefficient (Wildman–Crippen LogP) is 23.7. The lowest BCUT2D eigenvalue weighted by Gasteiger charge is -2.21. The molecule has 19 heteroatoms. The minimum atomic E-state index is -5.03. The molecule has 3 N–H and O–H groups in total. The first-order valence-corrected chi connectivity index (χ1v) is 43.0. The van der Waals surface area contributed by atoms with E-state index in [2.05, 4.69) is 204 Å². The Bertz CT molecular complexity index is 2910. The molecule has 0 aromatic heterocycles. The second kappa shape index (κ2) is 78.5. The molecule has 606 valence electrons. The van der Waals surface area contributed by atoms with Crippen molar-refractivity contribution < 1.29 is 80.2 Å². The van der Waals surface area contributed by atoms with Gasteiger partial charge in [-0.15, -0.1) is 0 Å². The third-order valence-electron chi connectivity index (χ3n) is 15.5. The van der Waals surface area contributed by atoms with Gasteiger partial charge in [0.05, 0.1) is 32.8 Å². The maximum Gasteiger partial charge on any atom is 0.472 e. The van der Waals surface area contributed by atoms with Gasteiger partial charge < -0.3 is 33.8 Å². The summed E-state index contributed by atoms with van der Waals surface area (Å²) >= 11 is 0. The molecule has 0 bridgehead atoms. The van der Waals surface area contributed by atoms with Crippen LogP contribution in [0.1, 0.15) is 259 Å². The lowest BCUT2D eigenvalue weighted by molar-refractivity contribution is -0.161. The number of aliphatic hydroxyl groups is 1. The third-order valence-corrected chi connectivity index (χ3v) is 17.4. The van der Waals surface area contributed by atoms with E-state index in [4.69, 9.17) is 37.0 Å². The standard InChI is InChI=1S/C89H138O17P2/c1-5-9-13-17-21-25-29-33-37-39-41-43-47-49-53-57-61-65-69-73-86(91)99-79-84(105-88(93)75-71-67-63-59-55-51-45-35-31-27-23-19-15-11-7-3)81-103-107(95,96)101-77-83(90)78-102-108(97,98)104-82-85(106-89(94)76-72-68-64-60-56-52-46-36-32-28-24-20-16-12-8-4)80-100-87(92)74-70-66-62-58-54-50-48-44-42-40-38-34-30-26-22-18-14-10-6-2/h9-11,13-15,21-28,33-38,41-46,49-50,53-55,59,62,66-67,71,83-85,90H,5-8,12,16-20,29-32,39-40,47-48,51-52,56-58,60-61,63-65,68-70,72-82H2,1-4H3,(H,95,96)(H,97,98)/b13-9-,14-10-,15-11-,25-21-,26-22-,27-23-,28-24-,37-33-,38-34-,43-41-,44-42-,45-35-,46-36-,53-49-,54-50-,59-55-,66-62-,71-67-. The van der Waals surface area contributed by atoms with E-state index in [0.29, 0.717) is 32.1 Å². The van der Waals surface area contributed by atoms with Crippen LogP contribution < -0.4 is 0 Å². The van der Waals surface area contributed by atoms with Crippen LogP contribution in [0.25, 0.3) is 0 Å². The molecule has 0 spiro atoms. The second-order valence-corrected chi connectivity index (χ2v) is 28.4. The quantitative estimate of drug-likeness (QED) is 0.0169. The number of hydrogen-bond acceptors (Lipinski definition) is 15. The summed E-state index contributed by atoms with van der Waals surface area (Å²) in [5.41, 5.74) is 0. The maximum atomic E-state index is 13.1. The van der Waals surface area contributed by atoms with E-state index in [9.17, 15) is 43.2 Å². The summed E-state index contributed by atoms with van der Waals surface area (Å²) in [6, 6.07) is 0. The molecule has 0 aliphatic heterocycles. The highest BCUT2D eigenvalue weighted by Crippen LogP contribution is 2.45. The van der Waals surface area contributed by atoms with Gasteiger partial charge in [-0.1, -0.05) is 285 Å². The molecule has 0 aromatic carbocycles. The first-order valence-electron chi connectivity index (χ1n) is 40.0. The van der Waals surface area contributed by atoms with Crippen molar-refractivity contribution in [1.82, 2.24) is 0 Å². The average molecular weight is 1540 g/mol. The van der Waals surface area contributed by atoms with Gasteiger partial charge in [0.2, 0.25) is 0 Å². The summed E-state index contributed by atoms with van der Waals surface area (Å²) in [6.45, 7) is 4.21. The fourth-order valence-electron chi connectivity index (χ4n) is 9.49. The van der Waals surface area contributed by atoms with E-state index in [1.54, 1.807) is 12.2 Å². The van der Waals surface area contributed by atoms with Crippen LogP contribution in [0.4, 0.5) is 0 Å². The van der Waals surface area contributed by atoms with Crippen LogP contribution in [-0.2, 0) is 65.4 Å². The number of carbonyl (C=O) groups excluding carboxylic acids is 4. The van der Waals surface area contributed by atoms with Crippen LogP contribution in [0, 0.1) is 0 Å². The van der Waals surface area contributed by atoms with Crippen molar-refractivity contribution in [2.75, 3.05) is 39.6 Å². The monoisotopic (exact) mass is 1540 g/mol. The van der Waals surface area contributed by atoms with Crippen LogP contribution in [0.15, 0.2) is 219 Å². The van der Waals surface area contributed by atoms with Gasteiger partial charge in [-0.25, -0.2) is 9.13 Å². The van der Waals surface area contributed by atoms with E-state index in [0.717, 1.165) is 154 Å². The number of aliphatic hydroxyl groups excluding tert-OH is 1. The van der Waals surface area contributed by atoms with Gasteiger partial charge in [0.25, 0.3) is 0 Å². The molecule has 0 rings (SSSR count). The van der Waals surface area contributed by atoms with E-state index in [1.165, 1.54) is 19.3 Å². The number of phosphoric ester groups is 2. The number of phosphoric acid groups is 2. The fourth-order valence-corrected chi connectivity index (χ4v) is 11.1. The van der Waals surface area contributed by atoms with E-state index in [1.807, 2.05) is 30.4 Å². The Morgan fingerprint density at radius 3 is 0.889 bits per heavy atom. The normalized spacial score (nSPS) is 15.0. The van der Waals surface area contributed by atoms with Crippen molar-refractivity contribution >= 4 is 39.5 Å². The number of hydrogen-bond donors (Lipinski definition) is 3. The summed E-state index contributed by atoms with van der Waals surface area (Å²) in [7, 11) is -10.0. The molecule has 0 fully saturated rings. The molecule has 0 heterocycles. The summed E-state index contributed by atoms with van der Waals surface area (Å²) in [6.07, 6.45) is 99.7. The zero-order chi connectivity index (χ0) is 78.9. The lowest BCUT2D eigenvalue weighted by atomic mass is 10.1. The third kappa shape index (κ3) is 77.5. The Balaban J connectivity index is 5.56. The SMILES string of the molecule is CC/C=C\C/C=C\C/C=C\C/C=C\C/C=C\C/C=C\CCC(=O)OCC(COP(=O)(O)OCC(O)COP(=O)(O)OCC(COC(=O)CCCCC/C=C\C/C=C\C/C=C\C/C=C\C/C=C\CC)OC(=O)C/C=C\C/C=C\C/C=C\C/C=C\C/C=C\CC)OC(=O)CCCCCCC/C=C\C/C=C\CCCCC. The number of esters is 4. The molecule has 0 aromatic rings. The Morgan fingerprint density at radius 2 is 0.537 bits per heavy atom. The summed E-state index contributed by atoms with van der Waals surface area (Å²) in [5, 5.41) is 10.6. The van der Waals surface area contributed by atoms with E-state index >= 15 is 0 Å². The smallest absolute Gasteiger partial charge is 0.462 e. The molecule has 0 radical (unpaired) electrons. The van der Waals surface area contributed by atoms with Gasteiger partial charge in [-0.3, -0.25) is 37.3 Å². The van der Waals surface area contributed by atoms with Crippen molar-refractivity contribution in [3.05, 3.63) is 219 Å². The summed E-state index contributed by atoms with van der Waals surface area (Å²) in [4.78, 5) is 73.0. The van der Waals surface area contributed by atoms with E-state index < -0.39 is 97.5 Å². The average Bonchev–Trinajstić information content (AvgIpc) is 0.923. The van der Waals surface area contributed by atoms with Crippen LogP contribution in [0.3, 0.4) is 0 Å². The summed E-state index contributed by atoms with van der Waals surface area (Å²) in [5.74, 6) is -2.50. The van der Waals surface area contributed by atoms with Gasteiger partial charge in [0, 0.05) is 19.3 Å². The predicted molar refractivity (Wildman–Crippen MR) is 445 cm³/mol. The van der Waals surface area contributed by atoms with Gasteiger partial charge >= 0.3 is 39.5 Å². The molecular weight excluding hydrogens is 1400 g/mol. The topological polar surface area (TPSA) is 237 Å². The zero-order valence-electron chi connectivity index (χ0n) is 66.2. The minimum Gasteiger partial charge on any atom is -0.462 e. The molecule has 5 unspecified atom stereocenters. The van der Waals surface area contributed by atoms with Crippen LogP contribution >= 0.6 is 15.6 Å². The molecule has 0 aliphatic carbocycles. The number of ether oxygens (including phenoxy) is 4. The van der Waals surface area contributed by atoms with Crippen molar-refractivity contribution in [2.45, 2.75) is 277 Å². The molecule has 5 atom stereocenters. The molecule has 0 saturated heterocycles. The molecule has 108 heavy (non-hydrogen) atoms. The highest BCUT2D eigenvalue weighted by atomic mass is 31.2. The van der Waals surface area contributed by atoms with Crippen molar-refractivity contribution in [1.29, 1.82) is 0 Å². The fraction of sp³-hybridized carbons (Fsp3) is 0.551. The van der Waals surface area contributed by atoms with Gasteiger partial charge in [-0.05, 0) is 167 Å². The minimum absolute atomic E-state index is 0.0214. The maximum absolute atomic E-state index is 13.1. The number of allylic oxidation sites excluding steroid dienone is 35. The van der Waals surface area contributed by atoms with Crippen molar-refractivity contribution in [2.24, 2.45) is 0 Å². The van der Waals surface area contributed by atoms with Crippen LogP contribution in [-0.4, -0.2) is 96.7 Å². The van der Waals surface area contributed by atoms with Gasteiger partial charge in [0.1, 0.15) is 19.3 Å². The Labute approximate surface area is 651 Å². The largest absolute Gasteiger partial charge is 0.472 e. The first-order chi connectivity index (χ1) is 52.7. The number of carbonyl (C=O) groups is 4. The molecule has 17 nitrogen and oxygen atoms in total. The number of rotatable bonds is 72.